The van der Waals surface area contributed by atoms with Crippen molar-refractivity contribution in [1.29, 1.82) is 0 Å². The van der Waals surface area contributed by atoms with Gasteiger partial charge >= 0.3 is 0 Å². The molecule has 6 nitrogen and oxygen atoms in total. The zero-order chi connectivity index (χ0) is 18.7. The number of hydrogen-bond donors (Lipinski definition) is 1. The van der Waals surface area contributed by atoms with Crippen molar-refractivity contribution in [3.8, 4) is 23.0 Å². The van der Waals surface area contributed by atoms with Gasteiger partial charge in [0, 0.05) is 5.69 Å². The van der Waals surface area contributed by atoms with E-state index < -0.39 is 0 Å². The molecule has 0 spiro atoms. The summed E-state index contributed by atoms with van der Waals surface area (Å²) in [7, 11) is 6.46. The number of aliphatic imine (C=N–C) groups is 1. The SMILES string of the molecule is COc1ccc(N2C(S)=NCC2c2cc(OC)c(OC)c(OC)c2)cc1. The first-order chi connectivity index (χ1) is 12.6. The molecule has 0 N–H and O–H groups in total. The molecule has 2 aromatic carbocycles. The average molecular weight is 374 g/mol. The summed E-state index contributed by atoms with van der Waals surface area (Å²) in [6.45, 7) is 0.587. The van der Waals surface area contributed by atoms with E-state index in [1.54, 1.807) is 28.4 Å². The van der Waals surface area contributed by atoms with Crippen LogP contribution in [0.25, 0.3) is 0 Å². The van der Waals surface area contributed by atoms with E-state index in [-0.39, 0.29) is 6.04 Å². The van der Waals surface area contributed by atoms with Crippen molar-refractivity contribution < 1.29 is 18.9 Å². The average Bonchev–Trinajstić information content (AvgIpc) is 3.08. The Morgan fingerprint density at radius 3 is 2.04 bits per heavy atom. The molecule has 1 heterocycles. The van der Waals surface area contributed by atoms with Gasteiger partial charge in [-0.05, 0) is 42.0 Å². The van der Waals surface area contributed by atoms with Crippen LogP contribution in [0.2, 0.25) is 0 Å². The highest BCUT2D eigenvalue weighted by Gasteiger charge is 2.30. The standard InChI is InChI=1S/C19H22N2O4S/c1-22-14-7-5-13(6-8-14)21-15(11-20-19(21)26)12-9-16(23-2)18(25-4)17(10-12)24-3/h5-10,15H,11H2,1-4H3,(H,20,26). The van der Waals surface area contributed by atoms with Crippen LogP contribution in [0.4, 0.5) is 5.69 Å². The quantitative estimate of drug-likeness (QED) is 0.784. The number of nitrogens with zero attached hydrogens (tertiary/aromatic N) is 2. The van der Waals surface area contributed by atoms with E-state index in [1.807, 2.05) is 36.4 Å². The molecule has 26 heavy (non-hydrogen) atoms. The monoisotopic (exact) mass is 374 g/mol. The van der Waals surface area contributed by atoms with E-state index >= 15 is 0 Å². The molecule has 1 aliphatic heterocycles. The number of thiol groups is 1. The fourth-order valence-electron chi connectivity index (χ4n) is 3.05. The lowest BCUT2D eigenvalue weighted by Crippen LogP contribution is -2.28. The zero-order valence-corrected chi connectivity index (χ0v) is 16.1. The minimum absolute atomic E-state index is 0.0235. The number of anilines is 1. The predicted molar refractivity (Wildman–Crippen MR) is 106 cm³/mol. The largest absolute Gasteiger partial charge is 0.497 e. The lowest BCUT2D eigenvalue weighted by molar-refractivity contribution is 0.323. The van der Waals surface area contributed by atoms with Gasteiger partial charge in [0.15, 0.2) is 16.7 Å². The number of rotatable bonds is 6. The third kappa shape index (κ3) is 3.26. The number of methoxy groups -OCH3 is 4. The molecule has 3 rings (SSSR count). The van der Waals surface area contributed by atoms with Crippen LogP contribution in [0.3, 0.4) is 0 Å². The molecule has 2 aromatic rings. The third-order valence-electron chi connectivity index (χ3n) is 4.36. The fourth-order valence-corrected chi connectivity index (χ4v) is 3.39. The summed E-state index contributed by atoms with van der Waals surface area (Å²) in [4.78, 5) is 6.58. The van der Waals surface area contributed by atoms with Crippen LogP contribution >= 0.6 is 12.6 Å². The topological polar surface area (TPSA) is 52.5 Å². The summed E-state index contributed by atoms with van der Waals surface area (Å²) >= 11 is 4.55. The van der Waals surface area contributed by atoms with Gasteiger partial charge in [0.05, 0.1) is 41.0 Å². The highest BCUT2D eigenvalue weighted by molar-refractivity contribution is 7.97. The van der Waals surface area contributed by atoms with Gasteiger partial charge in [-0.15, -0.1) is 12.6 Å². The molecule has 1 atom stereocenters. The van der Waals surface area contributed by atoms with Crippen LogP contribution in [-0.4, -0.2) is 40.2 Å². The second-order valence-corrected chi connectivity index (χ2v) is 6.08. The Hall–Kier alpha value is -2.54. The molecule has 0 fully saturated rings. The summed E-state index contributed by atoms with van der Waals surface area (Å²) in [5, 5.41) is 0.661. The van der Waals surface area contributed by atoms with Gasteiger partial charge in [-0.25, -0.2) is 0 Å². The molecule has 0 amide bonds. The van der Waals surface area contributed by atoms with E-state index in [4.69, 9.17) is 18.9 Å². The lowest BCUT2D eigenvalue weighted by Gasteiger charge is -2.27. The van der Waals surface area contributed by atoms with E-state index in [2.05, 4.69) is 22.5 Å². The van der Waals surface area contributed by atoms with Crippen molar-refractivity contribution in [2.75, 3.05) is 39.9 Å². The molecule has 7 heteroatoms. The van der Waals surface area contributed by atoms with Crippen LogP contribution in [-0.2, 0) is 0 Å². The van der Waals surface area contributed by atoms with E-state index in [9.17, 15) is 0 Å². The van der Waals surface area contributed by atoms with Crippen LogP contribution in [0.15, 0.2) is 41.4 Å². The Labute approximate surface area is 158 Å². The summed E-state index contributed by atoms with van der Waals surface area (Å²) in [6.07, 6.45) is 0. The summed E-state index contributed by atoms with van der Waals surface area (Å²) in [5.74, 6) is 2.60. The molecule has 0 radical (unpaired) electrons. The van der Waals surface area contributed by atoms with Gasteiger partial charge < -0.3 is 23.8 Å². The van der Waals surface area contributed by atoms with Crippen LogP contribution in [0.5, 0.6) is 23.0 Å². The van der Waals surface area contributed by atoms with Gasteiger partial charge in [0.1, 0.15) is 5.75 Å². The minimum atomic E-state index is -0.0235. The smallest absolute Gasteiger partial charge is 0.203 e. The Kier molecular flexibility index (Phi) is 5.46. The van der Waals surface area contributed by atoms with Gasteiger partial charge in [-0.3, -0.25) is 4.99 Å². The van der Waals surface area contributed by atoms with Crippen molar-refractivity contribution >= 4 is 23.5 Å². The van der Waals surface area contributed by atoms with Crippen molar-refractivity contribution in [2.24, 2.45) is 4.99 Å². The van der Waals surface area contributed by atoms with E-state index in [0.717, 1.165) is 17.0 Å². The molecular weight excluding hydrogens is 352 g/mol. The molecule has 138 valence electrons. The van der Waals surface area contributed by atoms with Crippen molar-refractivity contribution in [1.82, 2.24) is 0 Å². The van der Waals surface area contributed by atoms with Gasteiger partial charge in [0.2, 0.25) is 5.75 Å². The molecule has 0 aromatic heterocycles. The maximum absolute atomic E-state index is 5.48. The molecule has 0 saturated heterocycles. The van der Waals surface area contributed by atoms with Crippen molar-refractivity contribution in [3.05, 3.63) is 42.0 Å². The van der Waals surface area contributed by atoms with Gasteiger partial charge in [-0.1, -0.05) is 0 Å². The number of hydrogen-bond acceptors (Lipinski definition) is 6. The first-order valence-electron chi connectivity index (χ1n) is 8.09. The third-order valence-corrected chi connectivity index (χ3v) is 4.71. The first kappa shape index (κ1) is 18.3. The highest BCUT2D eigenvalue weighted by Crippen LogP contribution is 2.42. The highest BCUT2D eigenvalue weighted by atomic mass is 32.1. The van der Waals surface area contributed by atoms with Gasteiger partial charge in [0.25, 0.3) is 0 Å². The molecular formula is C19H22N2O4S. The predicted octanol–water partition coefficient (Wildman–Crippen LogP) is 3.57. The maximum atomic E-state index is 5.48. The first-order valence-corrected chi connectivity index (χ1v) is 8.54. The molecule has 0 bridgehead atoms. The van der Waals surface area contributed by atoms with Crippen LogP contribution < -0.4 is 23.8 Å². The Bertz CT molecular complexity index is 783. The second-order valence-electron chi connectivity index (χ2n) is 5.68. The number of benzene rings is 2. The molecule has 0 saturated carbocycles. The van der Waals surface area contributed by atoms with Crippen molar-refractivity contribution in [3.63, 3.8) is 0 Å². The summed E-state index contributed by atoms with van der Waals surface area (Å²) < 4.78 is 21.6. The Morgan fingerprint density at radius 2 is 1.54 bits per heavy atom. The molecule has 1 unspecified atom stereocenters. The molecule has 1 aliphatic rings. The summed E-state index contributed by atoms with van der Waals surface area (Å²) in [5.41, 5.74) is 1.99. The Balaban J connectivity index is 2.02. The zero-order valence-electron chi connectivity index (χ0n) is 15.2. The maximum Gasteiger partial charge on any atom is 0.203 e. The van der Waals surface area contributed by atoms with E-state index in [0.29, 0.717) is 29.0 Å². The minimum Gasteiger partial charge on any atom is -0.497 e. The van der Waals surface area contributed by atoms with E-state index in [1.165, 1.54) is 0 Å². The Morgan fingerprint density at radius 1 is 0.923 bits per heavy atom. The lowest BCUT2D eigenvalue weighted by atomic mass is 10.0. The van der Waals surface area contributed by atoms with Gasteiger partial charge in [-0.2, -0.15) is 0 Å². The van der Waals surface area contributed by atoms with Crippen LogP contribution in [0, 0.1) is 0 Å². The normalized spacial score (nSPS) is 16.3. The second kappa shape index (κ2) is 7.78. The number of amidine groups is 1. The van der Waals surface area contributed by atoms with Crippen molar-refractivity contribution in [2.45, 2.75) is 6.04 Å². The van der Waals surface area contributed by atoms with Crippen LogP contribution in [0.1, 0.15) is 11.6 Å². The molecule has 0 aliphatic carbocycles. The summed E-state index contributed by atoms with van der Waals surface area (Å²) in [6, 6.07) is 11.7. The number of ether oxygens (including phenoxy) is 4. The fraction of sp³-hybridized carbons (Fsp3) is 0.316.